The van der Waals surface area contributed by atoms with Crippen LogP contribution >= 0.6 is 12.4 Å². The van der Waals surface area contributed by atoms with Gasteiger partial charge < -0.3 is 10.6 Å². The van der Waals surface area contributed by atoms with E-state index in [0.717, 1.165) is 19.5 Å². The molecular weight excluding hydrogens is 222 g/mol. The predicted octanol–water partition coefficient (Wildman–Crippen LogP) is 1.39. The zero-order chi connectivity index (χ0) is 10.3. The van der Waals surface area contributed by atoms with E-state index in [9.17, 15) is 0 Å². The summed E-state index contributed by atoms with van der Waals surface area (Å²) in [6.07, 6.45) is 5.48. The zero-order valence-corrected chi connectivity index (χ0v) is 10.3. The Labute approximate surface area is 103 Å². The van der Waals surface area contributed by atoms with Crippen LogP contribution in [-0.4, -0.2) is 30.7 Å². The second-order valence-electron chi connectivity index (χ2n) is 4.07. The lowest BCUT2D eigenvalue weighted by atomic mass is 10.1. The molecule has 1 aliphatic heterocycles. The van der Waals surface area contributed by atoms with E-state index in [1.165, 1.54) is 25.1 Å². The highest BCUT2D eigenvalue weighted by Crippen LogP contribution is 2.01. The minimum atomic E-state index is 0. The Hall–Kier alpha value is -0.640. The number of hydrogen-bond acceptors (Lipinski definition) is 3. The first kappa shape index (κ1) is 13.4. The Balaban J connectivity index is 0.00000128. The number of pyridine rings is 1. The van der Waals surface area contributed by atoms with Gasteiger partial charge in [0.05, 0.1) is 0 Å². The second-order valence-corrected chi connectivity index (χ2v) is 4.07. The van der Waals surface area contributed by atoms with E-state index >= 15 is 0 Å². The quantitative estimate of drug-likeness (QED) is 0.837. The molecule has 1 aromatic rings. The molecular formula is C12H20ClN3. The van der Waals surface area contributed by atoms with Gasteiger partial charge in [0, 0.05) is 37.4 Å². The van der Waals surface area contributed by atoms with Crippen LogP contribution in [0.25, 0.3) is 0 Å². The van der Waals surface area contributed by atoms with Gasteiger partial charge in [0.15, 0.2) is 0 Å². The molecule has 0 aromatic carbocycles. The van der Waals surface area contributed by atoms with Gasteiger partial charge in [0.2, 0.25) is 0 Å². The number of hydrogen-bond donors (Lipinski definition) is 2. The van der Waals surface area contributed by atoms with Crippen molar-refractivity contribution in [2.24, 2.45) is 0 Å². The van der Waals surface area contributed by atoms with Crippen molar-refractivity contribution < 1.29 is 0 Å². The minimum Gasteiger partial charge on any atom is -0.315 e. The molecule has 0 radical (unpaired) electrons. The summed E-state index contributed by atoms with van der Waals surface area (Å²) in [5, 5.41) is 6.97. The lowest BCUT2D eigenvalue weighted by molar-refractivity contribution is 0.392. The predicted molar refractivity (Wildman–Crippen MR) is 69.1 cm³/mol. The Morgan fingerprint density at radius 1 is 1.44 bits per heavy atom. The third kappa shape index (κ3) is 4.47. The monoisotopic (exact) mass is 241 g/mol. The Bertz CT molecular complexity index is 273. The molecule has 4 heteroatoms. The third-order valence-electron chi connectivity index (χ3n) is 2.84. The normalized spacial score (nSPS) is 20.1. The summed E-state index contributed by atoms with van der Waals surface area (Å²) in [7, 11) is 0. The summed E-state index contributed by atoms with van der Waals surface area (Å²) in [5.74, 6) is 0. The fraction of sp³-hybridized carbons (Fsp3) is 0.583. The molecule has 0 bridgehead atoms. The third-order valence-corrected chi connectivity index (χ3v) is 2.84. The first-order chi connectivity index (χ1) is 7.45. The highest BCUT2D eigenvalue weighted by molar-refractivity contribution is 5.85. The molecule has 2 heterocycles. The molecule has 1 saturated heterocycles. The van der Waals surface area contributed by atoms with Crippen molar-refractivity contribution in [3.8, 4) is 0 Å². The van der Waals surface area contributed by atoms with Gasteiger partial charge in [-0.05, 0) is 31.5 Å². The van der Waals surface area contributed by atoms with Crippen LogP contribution in [0.2, 0.25) is 0 Å². The number of halogens is 1. The van der Waals surface area contributed by atoms with E-state index in [4.69, 9.17) is 0 Å². The average molecular weight is 242 g/mol. The standard InChI is InChI=1S/C12H19N3.ClH/c1-2-8-14-11(4-1)6-9-15-12-5-3-7-13-10-12;/h1-2,4,8,12-13,15H,3,5-7,9-10H2;1H. The topological polar surface area (TPSA) is 37.0 Å². The second kappa shape index (κ2) is 7.60. The van der Waals surface area contributed by atoms with Crippen LogP contribution in [0.15, 0.2) is 24.4 Å². The molecule has 0 amide bonds. The first-order valence-corrected chi connectivity index (χ1v) is 5.79. The smallest absolute Gasteiger partial charge is 0.0416 e. The van der Waals surface area contributed by atoms with Crippen molar-refractivity contribution in [2.45, 2.75) is 25.3 Å². The van der Waals surface area contributed by atoms with Crippen LogP contribution in [0.3, 0.4) is 0 Å². The fourth-order valence-corrected chi connectivity index (χ4v) is 1.98. The number of aromatic nitrogens is 1. The van der Waals surface area contributed by atoms with Crippen molar-refractivity contribution in [3.63, 3.8) is 0 Å². The molecule has 1 atom stereocenters. The molecule has 0 saturated carbocycles. The summed E-state index contributed by atoms with van der Waals surface area (Å²) >= 11 is 0. The van der Waals surface area contributed by atoms with Gasteiger partial charge in [-0.1, -0.05) is 6.07 Å². The average Bonchev–Trinajstić information content (AvgIpc) is 2.32. The molecule has 1 fully saturated rings. The van der Waals surface area contributed by atoms with Crippen LogP contribution in [0.5, 0.6) is 0 Å². The molecule has 90 valence electrons. The van der Waals surface area contributed by atoms with Crippen molar-refractivity contribution in [2.75, 3.05) is 19.6 Å². The largest absolute Gasteiger partial charge is 0.315 e. The van der Waals surface area contributed by atoms with Crippen molar-refractivity contribution >= 4 is 12.4 Å². The first-order valence-electron chi connectivity index (χ1n) is 5.79. The molecule has 0 spiro atoms. The summed E-state index contributed by atoms with van der Waals surface area (Å²) < 4.78 is 0. The van der Waals surface area contributed by atoms with E-state index < -0.39 is 0 Å². The maximum atomic E-state index is 4.31. The molecule has 1 aromatic heterocycles. The van der Waals surface area contributed by atoms with Crippen LogP contribution in [0.1, 0.15) is 18.5 Å². The number of nitrogens with one attached hydrogen (secondary N) is 2. The highest BCUT2D eigenvalue weighted by Gasteiger charge is 2.11. The van der Waals surface area contributed by atoms with Gasteiger partial charge in [-0.2, -0.15) is 0 Å². The lowest BCUT2D eigenvalue weighted by Crippen LogP contribution is -2.43. The molecule has 3 nitrogen and oxygen atoms in total. The summed E-state index contributed by atoms with van der Waals surface area (Å²) in [6, 6.07) is 6.75. The van der Waals surface area contributed by atoms with Gasteiger partial charge in [-0.3, -0.25) is 4.98 Å². The van der Waals surface area contributed by atoms with Crippen LogP contribution in [0.4, 0.5) is 0 Å². The molecule has 1 unspecified atom stereocenters. The van der Waals surface area contributed by atoms with E-state index in [-0.39, 0.29) is 12.4 Å². The molecule has 2 N–H and O–H groups in total. The summed E-state index contributed by atoms with van der Waals surface area (Å²) in [6.45, 7) is 3.32. The van der Waals surface area contributed by atoms with Gasteiger partial charge in [-0.15, -0.1) is 12.4 Å². The Morgan fingerprint density at radius 2 is 2.38 bits per heavy atom. The molecule has 0 aliphatic carbocycles. The van der Waals surface area contributed by atoms with Gasteiger partial charge >= 0.3 is 0 Å². The fourth-order valence-electron chi connectivity index (χ4n) is 1.98. The molecule has 16 heavy (non-hydrogen) atoms. The van der Waals surface area contributed by atoms with Gasteiger partial charge in [-0.25, -0.2) is 0 Å². The van der Waals surface area contributed by atoms with Crippen LogP contribution in [0, 0.1) is 0 Å². The van der Waals surface area contributed by atoms with Crippen LogP contribution in [-0.2, 0) is 6.42 Å². The lowest BCUT2D eigenvalue weighted by Gasteiger charge is -2.23. The van der Waals surface area contributed by atoms with E-state index in [0.29, 0.717) is 6.04 Å². The summed E-state index contributed by atoms with van der Waals surface area (Å²) in [5.41, 5.74) is 1.17. The number of piperidine rings is 1. The molecule has 2 rings (SSSR count). The van der Waals surface area contributed by atoms with E-state index in [2.05, 4.69) is 21.7 Å². The van der Waals surface area contributed by atoms with Gasteiger partial charge in [0.25, 0.3) is 0 Å². The molecule has 1 aliphatic rings. The van der Waals surface area contributed by atoms with Crippen LogP contribution < -0.4 is 10.6 Å². The van der Waals surface area contributed by atoms with E-state index in [1.807, 2.05) is 18.3 Å². The van der Waals surface area contributed by atoms with Gasteiger partial charge in [0.1, 0.15) is 0 Å². The maximum absolute atomic E-state index is 4.31. The number of nitrogens with zero attached hydrogens (tertiary/aromatic N) is 1. The maximum Gasteiger partial charge on any atom is 0.0416 e. The highest BCUT2D eigenvalue weighted by atomic mass is 35.5. The number of rotatable bonds is 4. The van der Waals surface area contributed by atoms with Crippen molar-refractivity contribution in [3.05, 3.63) is 30.1 Å². The Morgan fingerprint density at radius 3 is 3.06 bits per heavy atom. The zero-order valence-electron chi connectivity index (χ0n) is 9.48. The van der Waals surface area contributed by atoms with Crippen molar-refractivity contribution in [1.29, 1.82) is 0 Å². The Kier molecular flexibility index (Phi) is 6.38. The summed E-state index contributed by atoms with van der Waals surface area (Å²) in [4.78, 5) is 4.31. The van der Waals surface area contributed by atoms with Crippen molar-refractivity contribution in [1.82, 2.24) is 15.6 Å². The SMILES string of the molecule is Cl.c1ccc(CCNC2CCCNC2)nc1. The van der Waals surface area contributed by atoms with E-state index in [1.54, 1.807) is 0 Å². The minimum absolute atomic E-state index is 0.